The number of nitrogens with one attached hydrogen (secondary N) is 1. The van der Waals surface area contributed by atoms with E-state index in [1.54, 1.807) is 15.9 Å². The summed E-state index contributed by atoms with van der Waals surface area (Å²) in [5, 5.41) is 7.09. The first-order valence-electron chi connectivity index (χ1n) is 10.0. The van der Waals surface area contributed by atoms with E-state index in [0.29, 0.717) is 32.8 Å². The molecule has 1 aromatic heterocycles. The second-order valence-corrected chi connectivity index (χ2v) is 7.05. The second kappa shape index (κ2) is 9.89. The third-order valence-corrected chi connectivity index (χ3v) is 4.91. The molecule has 1 unspecified atom stereocenters. The Bertz CT molecular complexity index is 916. The number of carbonyl (C=O) groups is 1. The van der Waals surface area contributed by atoms with Gasteiger partial charge >= 0.3 is 6.03 Å². The minimum atomic E-state index is -0.159. The van der Waals surface area contributed by atoms with Gasteiger partial charge in [-0.05, 0) is 36.2 Å². The van der Waals surface area contributed by atoms with Crippen molar-refractivity contribution in [2.45, 2.75) is 12.5 Å². The Kier molecular flexibility index (Phi) is 6.56. The standard InChI is InChI=1S/C22H25N5O3/c28-22(24-11-10-18-4-2-1-3-5-18)26-12-13-29-21(14-26)15-30-20-8-6-19(7-9-20)27-17-23-16-25-27/h1-9,16-17,21H,10-15H2,(H,24,28). The summed E-state index contributed by atoms with van der Waals surface area (Å²) in [5.41, 5.74) is 2.12. The number of ether oxygens (including phenoxy) is 2. The smallest absolute Gasteiger partial charge is 0.317 e. The summed E-state index contributed by atoms with van der Waals surface area (Å²) in [5.74, 6) is 0.743. The van der Waals surface area contributed by atoms with Gasteiger partial charge in [-0.1, -0.05) is 30.3 Å². The second-order valence-electron chi connectivity index (χ2n) is 7.05. The summed E-state index contributed by atoms with van der Waals surface area (Å²) in [4.78, 5) is 18.2. The molecular weight excluding hydrogens is 382 g/mol. The number of amides is 2. The fraction of sp³-hybridized carbons (Fsp3) is 0.318. The molecule has 4 rings (SSSR count). The maximum absolute atomic E-state index is 12.5. The van der Waals surface area contributed by atoms with E-state index in [1.807, 2.05) is 42.5 Å². The summed E-state index contributed by atoms with van der Waals surface area (Å²) in [6.07, 6.45) is 3.79. The number of hydrogen-bond donors (Lipinski definition) is 1. The van der Waals surface area contributed by atoms with Crippen molar-refractivity contribution in [2.75, 3.05) is 32.8 Å². The fourth-order valence-corrected chi connectivity index (χ4v) is 3.30. The van der Waals surface area contributed by atoms with E-state index in [9.17, 15) is 4.79 Å². The number of hydrogen-bond acceptors (Lipinski definition) is 5. The molecule has 0 saturated carbocycles. The minimum absolute atomic E-state index is 0.0589. The Morgan fingerprint density at radius 2 is 2.00 bits per heavy atom. The van der Waals surface area contributed by atoms with E-state index < -0.39 is 0 Å². The van der Waals surface area contributed by atoms with Crippen molar-refractivity contribution in [3.63, 3.8) is 0 Å². The summed E-state index contributed by atoms with van der Waals surface area (Å²) >= 11 is 0. The van der Waals surface area contributed by atoms with Crippen LogP contribution in [0.5, 0.6) is 5.75 Å². The molecular formula is C22H25N5O3. The SMILES string of the molecule is O=C(NCCc1ccccc1)N1CCOC(COc2ccc(-n3cncn3)cc2)C1. The Morgan fingerprint density at radius 3 is 2.77 bits per heavy atom. The first kappa shape index (κ1) is 19.9. The van der Waals surface area contributed by atoms with E-state index in [4.69, 9.17) is 9.47 Å². The Labute approximate surface area is 175 Å². The van der Waals surface area contributed by atoms with Crippen LogP contribution in [0.15, 0.2) is 67.3 Å². The lowest BCUT2D eigenvalue weighted by atomic mass is 10.1. The molecule has 1 N–H and O–H groups in total. The molecule has 1 fully saturated rings. The molecule has 0 bridgehead atoms. The molecule has 8 nitrogen and oxygen atoms in total. The topological polar surface area (TPSA) is 81.5 Å². The van der Waals surface area contributed by atoms with Crippen LogP contribution in [-0.2, 0) is 11.2 Å². The van der Waals surface area contributed by atoms with E-state index >= 15 is 0 Å². The predicted molar refractivity (Wildman–Crippen MR) is 112 cm³/mol. The summed E-state index contributed by atoms with van der Waals surface area (Å²) < 4.78 is 13.3. The number of aromatic nitrogens is 3. The highest BCUT2D eigenvalue weighted by Gasteiger charge is 2.24. The van der Waals surface area contributed by atoms with Crippen molar-refractivity contribution in [3.05, 3.63) is 72.8 Å². The lowest BCUT2D eigenvalue weighted by Crippen LogP contribution is -2.51. The van der Waals surface area contributed by atoms with Gasteiger partial charge < -0.3 is 19.7 Å². The lowest BCUT2D eigenvalue weighted by Gasteiger charge is -2.32. The summed E-state index contributed by atoms with van der Waals surface area (Å²) in [6, 6.07) is 17.7. The van der Waals surface area contributed by atoms with Gasteiger partial charge in [0.15, 0.2) is 0 Å². The van der Waals surface area contributed by atoms with Crippen LogP contribution in [0.1, 0.15) is 5.56 Å². The molecule has 156 valence electrons. The van der Waals surface area contributed by atoms with Gasteiger partial charge in [-0.15, -0.1) is 0 Å². The third-order valence-electron chi connectivity index (χ3n) is 4.91. The first-order chi connectivity index (χ1) is 14.8. The molecule has 0 aliphatic carbocycles. The van der Waals surface area contributed by atoms with Crippen molar-refractivity contribution < 1.29 is 14.3 Å². The van der Waals surface area contributed by atoms with Gasteiger partial charge in [0.05, 0.1) is 18.8 Å². The third kappa shape index (κ3) is 5.36. The number of rotatable bonds is 7. The van der Waals surface area contributed by atoms with Gasteiger partial charge in [-0.2, -0.15) is 5.10 Å². The Hall–Kier alpha value is -3.39. The van der Waals surface area contributed by atoms with Crippen molar-refractivity contribution in [1.29, 1.82) is 0 Å². The zero-order chi connectivity index (χ0) is 20.6. The van der Waals surface area contributed by atoms with Crippen LogP contribution in [0.4, 0.5) is 4.79 Å². The molecule has 0 radical (unpaired) electrons. The number of benzene rings is 2. The van der Waals surface area contributed by atoms with E-state index in [-0.39, 0.29) is 12.1 Å². The highest BCUT2D eigenvalue weighted by molar-refractivity contribution is 5.74. The van der Waals surface area contributed by atoms with Gasteiger partial charge in [0.25, 0.3) is 0 Å². The van der Waals surface area contributed by atoms with Gasteiger partial charge in [0.2, 0.25) is 0 Å². The van der Waals surface area contributed by atoms with E-state index in [1.165, 1.54) is 11.9 Å². The van der Waals surface area contributed by atoms with Crippen molar-refractivity contribution in [3.8, 4) is 11.4 Å². The molecule has 30 heavy (non-hydrogen) atoms. The van der Waals surface area contributed by atoms with Crippen LogP contribution in [-0.4, -0.2) is 64.6 Å². The van der Waals surface area contributed by atoms with Crippen LogP contribution in [0, 0.1) is 0 Å². The molecule has 1 aliphatic heterocycles. The van der Waals surface area contributed by atoms with Crippen LogP contribution in [0.2, 0.25) is 0 Å². The molecule has 2 heterocycles. The van der Waals surface area contributed by atoms with Crippen molar-refractivity contribution >= 4 is 6.03 Å². The average molecular weight is 407 g/mol. The average Bonchev–Trinajstić information content (AvgIpc) is 3.34. The fourth-order valence-electron chi connectivity index (χ4n) is 3.30. The minimum Gasteiger partial charge on any atom is -0.491 e. The number of morpholine rings is 1. The monoisotopic (exact) mass is 407 g/mol. The van der Waals surface area contributed by atoms with Gasteiger partial charge in [0.1, 0.15) is 31.1 Å². The molecule has 8 heteroatoms. The molecule has 3 aromatic rings. The predicted octanol–water partition coefficient (Wildman–Crippen LogP) is 2.30. The van der Waals surface area contributed by atoms with E-state index in [0.717, 1.165) is 17.9 Å². The quantitative estimate of drug-likeness (QED) is 0.650. The normalized spacial score (nSPS) is 16.3. The number of urea groups is 1. The molecule has 1 atom stereocenters. The van der Waals surface area contributed by atoms with Crippen molar-refractivity contribution in [1.82, 2.24) is 25.0 Å². The molecule has 1 aliphatic rings. The molecule has 1 saturated heterocycles. The van der Waals surface area contributed by atoms with Gasteiger partial charge in [-0.3, -0.25) is 0 Å². The van der Waals surface area contributed by atoms with Gasteiger partial charge in [-0.25, -0.2) is 14.5 Å². The first-order valence-corrected chi connectivity index (χ1v) is 10.0. The zero-order valence-corrected chi connectivity index (χ0v) is 16.7. The highest BCUT2D eigenvalue weighted by atomic mass is 16.5. The van der Waals surface area contributed by atoms with Crippen LogP contribution < -0.4 is 10.1 Å². The molecule has 2 aromatic carbocycles. The number of nitrogens with zero attached hydrogens (tertiary/aromatic N) is 4. The highest BCUT2D eigenvalue weighted by Crippen LogP contribution is 2.16. The van der Waals surface area contributed by atoms with Crippen LogP contribution in [0.3, 0.4) is 0 Å². The maximum atomic E-state index is 12.5. The molecule has 0 spiro atoms. The summed E-state index contributed by atoms with van der Waals surface area (Å²) in [6.45, 7) is 2.59. The van der Waals surface area contributed by atoms with Gasteiger partial charge in [0, 0.05) is 13.1 Å². The number of carbonyl (C=O) groups excluding carboxylic acids is 1. The maximum Gasteiger partial charge on any atom is 0.317 e. The van der Waals surface area contributed by atoms with Crippen molar-refractivity contribution in [2.24, 2.45) is 0 Å². The Balaban J connectivity index is 1.21. The largest absolute Gasteiger partial charge is 0.491 e. The van der Waals surface area contributed by atoms with Crippen LogP contribution in [0.25, 0.3) is 5.69 Å². The zero-order valence-electron chi connectivity index (χ0n) is 16.7. The Morgan fingerprint density at radius 1 is 1.17 bits per heavy atom. The summed E-state index contributed by atoms with van der Waals surface area (Å²) in [7, 11) is 0. The lowest BCUT2D eigenvalue weighted by molar-refractivity contribution is -0.0351. The molecule has 2 amide bonds. The van der Waals surface area contributed by atoms with Crippen LogP contribution >= 0.6 is 0 Å². The van der Waals surface area contributed by atoms with E-state index in [2.05, 4.69) is 27.5 Å².